The van der Waals surface area contributed by atoms with Gasteiger partial charge in [-0.3, -0.25) is 4.98 Å². The van der Waals surface area contributed by atoms with E-state index in [2.05, 4.69) is 28.5 Å². The number of benzene rings is 1. The molecule has 1 saturated carbocycles. The maximum atomic E-state index is 5.82. The minimum absolute atomic E-state index is 0.553. The molecule has 0 saturated heterocycles. The molecule has 2 aromatic rings. The molecule has 1 aromatic heterocycles. The minimum atomic E-state index is 0.553. The first kappa shape index (κ1) is 13.8. The van der Waals surface area contributed by atoms with Crippen molar-refractivity contribution in [3.05, 3.63) is 66.0 Å². The fraction of sp³-hybridized carbons (Fsp3) is 0.278. The molecule has 3 rings (SSSR count). The van der Waals surface area contributed by atoms with E-state index in [4.69, 9.17) is 4.74 Å². The lowest BCUT2D eigenvalue weighted by atomic mass is 10.2. The van der Waals surface area contributed by atoms with Crippen molar-refractivity contribution in [2.45, 2.75) is 25.4 Å². The first-order valence-corrected chi connectivity index (χ1v) is 7.42. The third-order valence-corrected chi connectivity index (χ3v) is 3.47. The number of nitrogens with one attached hydrogen (secondary N) is 1. The number of rotatable bonds is 7. The van der Waals surface area contributed by atoms with E-state index in [0.717, 1.165) is 12.3 Å². The molecule has 1 fully saturated rings. The highest BCUT2D eigenvalue weighted by Gasteiger charge is 2.20. The molecule has 1 aliphatic carbocycles. The van der Waals surface area contributed by atoms with Gasteiger partial charge in [-0.1, -0.05) is 36.4 Å². The van der Waals surface area contributed by atoms with E-state index in [1.54, 1.807) is 6.20 Å². The molecule has 3 nitrogen and oxygen atoms in total. The first-order chi connectivity index (χ1) is 10.4. The van der Waals surface area contributed by atoms with Gasteiger partial charge in [0.1, 0.15) is 12.4 Å². The summed E-state index contributed by atoms with van der Waals surface area (Å²) in [6.45, 7) is 1.40. The summed E-state index contributed by atoms with van der Waals surface area (Å²) < 4.78 is 5.82. The molecule has 0 amide bonds. The van der Waals surface area contributed by atoms with Gasteiger partial charge in [0, 0.05) is 24.3 Å². The van der Waals surface area contributed by atoms with Crippen LogP contribution in [0, 0.1) is 0 Å². The van der Waals surface area contributed by atoms with Crippen LogP contribution < -0.4 is 10.1 Å². The van der Waals surface area contributed by atoms with Crippen LogP contribution in [0.25, 0.3) is 6.08 Å². The smallest absolute Gasteiger partial charge is 0.142 e. The van der Waals surface area contributed by atoms with E-state index < -0.39 is 0 Å². The van der Waals surface area contributed by atoms with E-state index in [1.165, 1.54) is 24.0 Å². The lowest BCUT2D eigenvalue weighted by Crippen LogP contribution is -2.16. The van der Waals surface area contributed by atoms with Gasteiger partial charge in [0.25, 0.3) is 0 Å². The second-order valence-electron chi connectivity index (χ2n) is 5.26. The van der Waals surface area contributed by atoms with Crippen molar-refractivity contribution in [1.29, 1.82) is 0 Å². The van der Waals surface area contributed by atoms with Gasteiger partial charge < -0.3 is 10.1 Å². The Morgan fingerprint density at radius 1 is 1.19 bits per heavy atom. The van der Waals surface area contributed by atoms with Crippen LogP contribution in [-0.4, -0.2) is 17.6 Å². The number of nitrogens with zero attached hydrogens (tertiary/aromatic N) is 1. The molecular formula is C18H20N2O. The van der Waals surface area contributed by atoms with Gasteiger partial charge in [0.05, 0.1) is 6.20 Å². The lowest BCUT2D eigenvalue weighted by Gasteiger charge is -2.10. The topological polar surface area (TPSA) is 34.1 Å². The molecule has 21 heavy (non-hydrogen) atoms. The zero-order valence-corrected chi connectivity index (χ0v) is 12.0. The number of ether oxygens (including phenoxy) is 1. The van der Waals surface area contributed by atoms with Gasteiger partial charge >= 0.3 is 0 Å². The van der Waals surface area contributed by atoms with Gasteiger partial charge in [-0.05, 0) is 30.5 Å². The average molecular weight is 280 g/mol. The third kappa shape index (κ3) is 4.43. The average Bonchev–Trinajstić information content (AvgIpc) is 3.36. The van der Waals surface area contributed by atoms with Crippen molar-refractivity contribution < 1.29 is 4.74 Å². The van der Waals surface area contributed by atoms with Crippen LogP contribution in [0.5, 0.6) is 5.75 Å². The highest BCUT2D eigenvalue weighted by molar-refractivity contribution is 5.48. The van der Waals surface area contributed by atoms with E-state index in [0.29, 0.717) is 12.6 Å². The third-order valence-electron chi connectivity index (χ3n) is 3.47. The van der Waals surface area contributed by atoms with Crippen molar-refractivity contribution in [1.82, 2.24) is 10.3 Å². The van der Waals surface area contributed by atoms with Crippen molar-refractivity contribution >= 4 is 6.08 Å². The number of hydrogen-bond donors (Lipinski definition) is 1. The Morgan fingerprint density at radius 2 is 2.05 bits per heavy atom. The summed E-state index contributed by atoms with van der Waals surface area (Å²) in [6, 6.07) is 12.9. The fourth-order valence-corrected chi connectivity index (χ4v) is 2.11. The molecule has 0 bridgehead atoms. The normalized spacial score (nSPS) is 14.5. The first-order valence-electron chi connectivity index (χ1n) is 7.42. The molecule has 0 unspecified atom stereocenters. The summed E-state index contributed by atoms with van der Waals surface area (Å²) >= 11 is 0. The summed E-state index contributed by atoms with van der Waals surface area (Å²) in [5, 5.41) is 3.50. The molecule has 0 spiro atoms. The molecule has 3 heteroatoms. The summed E-state index contributed by atoms with van der Waals surface area (Å²) in [4.78, 5) is 4.15. The van der Waals surface area contributed by atoms with Crippen molar-refractivity contribution in [3.63, 3.8) is 0 Å². The van der Waals surface area contributed by atoms with Gasteiger partial charge in [-0.25, -0.2) is 0 Å². The molecule has 1 heterocycles. The van der Waals surface area contributed by atoms with Crippen LogP contribution in [-0.2, 0) is 6.54 Å². The minimum Gasteiger partial charge on any atom is -0.488 e. The zero-order valence-electron chi connectivity index (χ0n) is 12.0. The summed E-state index contributed by atoms with van der Waals surface area (Å²) in [7, 11) is 0. The predicted molar refractivity (Wildman–Crippen MR) is 85.1 cm³/mol. The second kappa shape index (κ2) is 7.04. The van der Waals surface area contributed by atoms with Gasteiger partial charge in [0.15, 0.2) is 0 Å². The van der Waals surface area contributed by atoms with E-state index in [-0.39, 0.29) is 0 Å². The SMILES string of the molecule is C(=C\c1ccccc1)/COc1cnccc1CNC1CC1. The Morgan fingerprint density at radius 3 is 2.86 bits per heavy atom. The van der Waals surface area contributed by atoms with Crippen molar-refractivity contribution in [3.8, 4) is 5.75 Å². The number of pyridine rings is 1. The Kier molecular flexibility index (Phi) is 4.64. The molecule has 1 N–H and O–H groups in total. The lowest BCUT2D eigenvalue weighted by molar-refractivity contribution is 0.356. The van der Waals surface area contributed by atoms with Crippen LogP contribution in [0.2, 0.25) is 0 Å². The highest BCUT2D eigenvalue weighted by atomic mass is 16.5. The van der Waals surface area contributed by atoms with Crippen LogP contribution in [0.4, 0.5) is 0 Å². The van der Waals surface area contributed by atoms with E-state index in [1.807, 2.05) is 36.5 Å². The summed E-state index contributed by atoms with van der Waals surface area (Å²) in [5.74, 6) is 0.864. The molecule has 1 aromatic carbocycles. The van der Waals surface area contributed by atoms with Crippen LogP contribution >= 0.6 is 0 Å². The zero-order chi connectivity index (χ0) is 14.3. The van der Waals surface area contributed by atoms with Gasteiger partial charge in [-0.15, -0.1) is 0 Å². The highest BCUT2D eigenvalue weighted by Crippen LogP contribution is 2.22. The van der Waals surface area contributed by atoms with Crippen molar-refractivity contribution in [2.75, 3.05) is 6.61 Å². The number of aromatic nitrogens is 1. The van der Waals surface area contributed by atoms with Crippen LogP contribution in [0.15, 0.2) is 54.9 Å². The van der Waals surface area contributed by atoms with Gasteiger partial charge in [0.2, 0.25) is 0 Å². The largest absolute Gasteiger partial charge is 0.488 e. The molecule has 0 radical (unpaired) electrons. The molecule has 0 atom stereocenters. The molecule has 1 aliphatic rings. The maximum Gasteiger partial charge on any atom is 0.142 e. The number of hydrogen-bond acceptors (Lipinski definition) is 3. The van der Waals surface area contributed by atoms with E-state index in [9.17, 15) is 0 Å². The summed E-state index contributed by atoms with van der Waals surface area (Å²) in [5.41, 5.74) is 2.35. The Balaban J connectivity index is 1.53. The quantitative estimate of drug-likeness (QED) is 0.843. The standard InChI is InChI=1S/C18H20N2O/c1-2-5-15(6-3-1)7-4-12-21-18-14-19-11-10-16(18)13-20-17-8-9-17/h1-7,10-11,14,17,20H,8-9,12-13H2/b7-4+. The van der Waals surface area contributed by atoms with Crippen molar-refractivity contribution in [2.24, 2.45) is 0 Å². The van der Waals surface area contributed by atoms with Crippen LogP contribution in [0.3, 0.4) is 0 Å². The molecule has 0 aliphatic heterocycles. The Hall–Kier alpha value is -2.13. The van der Waals surface area contributed by atoms with Crippen LogP contribution in [0.1, 0.15) is 24.0 Å². The summed E-state index contributed by atoms with van der Waals surface area (Å²) in [6.07, 6.45) is 10.3. The Labute approximate surface area is 125 Å². The van der Waals surface area contributed by atoms with E-state index >= 15 is 0 Å². The Bertz CT molecular complexity index is 591. The monoisotopic (exact) mass is 280 g/mol. The maximum absolute atomic E-state index is 5.82. The predicted octanol–water partition coefficient (Wildman–Crippen LogP) is 3.43. The second-order valence-corrected chi connectivity index (χ2v) is 5.26. The van der Waals surface area contributed by atoms with Gasteiger partial charge in [-0.2, -0.15) is 0 Å². The fourth-order valence-electron chi connectivity index (χ4n) is 2.11. The molecule has 108 valence electrons. The molecular weight excluding hydrogens is 260 g/mol.